The molecular formula is C16H19N3O3. The molecule has 0 bridgehead atoms. The maximum absolute atomic E-state index is 10.9. The summed E-state index contributed by atoms with van der Waals surface area (Å²) in [6, 6.07) is 7.21. The summed E-state index contributed by atoms with van der Waals surface area (Å²) in [4.78, 5) is 17.5. The molecule has 6 nitrogen and oxygen atoms in total. The van der Waals surface area contributed by atoms with Crippen LogP contribution in [-0.2, 0) is 6.54 Å². The molecule has 1 N–H and O–H groups in total. The molecule has 1 fully saturated rings. The number of carboxylic acids is 1. The Labute approximate surface area is 128 Å². The average molecular weight is 301 g/mol. The van der Waals surface area contributed by atoms with Gasteiger partial charge in [0.1, 0.15) is 0 Å². The van der Waals surface area contributed by atoms with Gasteiger partial charge in [-0.2, -0.15) is 4.98 Å². The Morgan fingerprint density at radius 2 is 2.18 bits per heavy atom. The lowest BCUT2D eigenvalue weighted by Crippen LogP contribution is -2.34. The molecule has 1 aromatic heterocycles. The fraction of sp³-hybridized carbons (Fsp3) is 0.438. The third kappa shape index (κ3) is 3.33. The van der Waals surface area contributed by atoms with E-state index in [9.17, 15) is 4.79 Å². The molecule has 0 saturated carbocycles. The molecule has 3 rings (SSSR count). The zero-order valence-corrected chi connectivity index (χ0v) is 12.5. The number of aryl methyl sites for hydroxylation is 1. The van der Waals surface area contributed by atoms with Crippen molar-refractivity contribution in [3.05, 3.63) is 47.1 Å². The van der Waals surface area contributed by atoms with Crippen molar-refractivity contribution in [3.63, 3.8) is 0 Å². The number of benzene rings is 1. The number of hydrogen-bond acceptors (Lipinski definition) is 5. The highest BCUT2D eigenvalue weighted by Gasteiger charge is 2.23. The van der Waals surface area contributed by atoms with Crippen LogP contribution in [0.15, 0.2) is 28.8 Å². The second kappa shape index (κ2) is 6.27. The maximum atomic E-state index is 10.9. The van der Waals surface area contributed by atoms with Crippen LogP contribution in [0.5, 0.6) is 0 Å². The fourth-order valence-corrected chi connectivity index (χ4v) is 2.96. The second-order valence-electron chi connectivity index (χ2n) is 5.74. The largest absolute Gasteiger partial charge is 0.478 e. The minimum atomic E-state index is -0.886. The van der Waals surface area contributed by atoms with Crippen LogP contribution in [0, 0.1) is 6.92 Å². The van der Waals surface area contributed by atoms with Gasteiger partial charge in [0.05, 0.1) is 12.1 Å². The third-order valence-electron chi connectivity index (χ3n) is 4.06. The first-order valence-electron chi connectivity index (χ1n) is 7.46. The van der Waals surface area contributed by atoms with E-state index < -0.39 is 5.97 Å². The van der Waals surface area contributed by atoms with Gasteiger partial charge in [0.15, 0.2) is 5.82 Å². The van der Waals surface area contributed by atoms with Gasteiger partial charge in [-0.1, -0.05) is 17.3 Å². The Morgan fingerprint density at radius 1 is 1.41 bits per heavy atom. The van der Waals surface area contributed by atoms with Crippen LogP contribution in [0.25, 0.3) is 0 Å². The summed E-state index contributed by atoms with van der Waals surface area (Å²) in [5, 5.41) is 12.8. The van der Waals surface area contributed by atoms with Crippen molar-refractivity contribution in [1.82, 2.24) is 15.0 Å². The van der Waals surface area contributed by atoms with Crippen molar-refractivity contribution >= 4 is 5.97 Å². The monoisotopic (exact) mass is 301 g/mol. The van der Waals surface area contributed by atoms with Crippen LogP contribution in [0.3, 0.4) is 0 Å². The zero-order chi connectivity index (χ0) is 15.5. The number of carbonyl (C=O) groups is 1. The van der Waals surface area contributed by atoms with E-state index in [0.29, 0.717) is 29.7 Å². The molecule has 1 aliphatic rings. The molecule has 2 aromatic rings. The van der Waals surface area contributed by atoms with Crippen LogP contribution in [0.2, 0.25) is 0 Å². The van der Waals surface area contributed by atoms with E-state index in [4.69, 9.17) is 9.63 Å². The van der Waals surface area contributed by atoms with E-state index in [0.717, 1.165) is 25.9 Å². The smallest absolute Gasteiger partial charge is 0.335 e. The topological polar surface area (TPSA) is 79.5 Å². The third-order valence-corrected chi connectivity index (χ3v) is 4.06. The number of nitrogens with zero attached hydrogens (tertiary/aromatic N) is 3. The Balaban J connectivity index is 1.66. The zero-order valence-electron chi connectivity index (χ0n) is 12.5. The first-order chi connectivity index (χ1) is 10.6. The molecule has 0 unspecified atom stereocenters. The number of aromatic nitrogens is 2. The highest BCUT2D eigenvalue weighted by Crippen LogP contribution is 2.27. The predicted molar refractivity (Wildman–Crippen MR) is 79.7 cm³/mol. The van der Waals surface area contributed by atoms with Crippen LogP contribution >= 0.6 is 0 Å². The number of likely N-dealkylation sites (tertiary alicyclic amines) is 1. The van der Waals surface area contributed by atoms with E-state index in [-0.39, 0.29) is 0 Å². The van der Waals surface area contributed by atoms with Crippen LogP contribution in [-0.4, -0.2) is 39.2 Å². The number of carboxylic acid groups (broad SMARTS) is 1. The van der Waals surface area contributed by atoms with Gasteiger partial charge in [0.25, 0.3) is 0 Å². The van der Waals surface area contributed by atoms with Gasteiger partial charge in [0.2, 0.25) is 5.89 Å². The Hall–Kier alpha value is -2.21. The van der Waals surface area contributed by atoms with E-state index in [1.54, 1.807) is 12.1 Å². The molecule has 1 aromatic carbocycles. The lowest BCUT2D eigenvalue weighted by Gasteiger charge is -2.32. The SMILES string of the molecule is Cc1noc(CN2CCC[C@H](c3ccc(C(=O)O)cc3)C2)n1. The summed E-state index contributed by atoms with van der Waals surface area (Å²) in [5.74, 6) is 0.844. The first kappa shape index (κ1) is 14.7. The van der Waals surface area contributed by atoms with Crippen LogP contribution in [0.4, 0.5) is 0 Å². The van der Waals surface area contributed by atoms with Crippen molar-refractivity contribution < 1.29 is 14.4 Å². The van der Waals surface area contributed by atoms with E-state index in [1.807, 2.05) is 19.1 Å². The summed E-state index contributed by atoms with van der Waals surface area (Å²) < 4.78 is 5.18. The van der Waals surface area contributed by atoms with Gasteiger partial charge in [-0.3, -0.25) is 4.90 Å². The maximum Gasteiger partial charge on any atom is 0.335 e. The summed E-state index contributed by atoms with van der Waals surface area (Å²) in [7, 11) is 0. The number of rotatable bonds is 4. The number of aromatic carboxylic acids is 1. The van der Waals surface area contributed by atoms with Crippen molar-refractivity contribution in [2.45, 2.75) is 32.2 Å². The standard InChI is InChI=1S/C16H19N3O3/c1-11-17-15(22-18-11)10-19-8-2-3-14(9-19)12-4-6-13(7-5-12)16(20)21/h4-7,14H,2-3,8-10H2,1H3,(H,20,21)/t14-/m0/s1. The lowest BCUT2D eigenvalue weighted by molar-refractivity contribution is 0.0697. The van der Waals surface area contributed by atoms with Crippen molar-refractivity contribution in [3.8, 4) is 0 Å². The quantitative estimate of drug-likeness (QED) is 0.934. The van der Waals surface area contributed by atoms with Gasteiger partial charge in [-0.15, -0.1) is 0 Å². The molecule has 1 saturated heterocycles. The summed E-state index contributed by atoms with van der Waals surface area (Å²) >= 11 is 0. The molecule has 6 heteroatoms. The molecule has 0 aliphatic carbocycles. The lowest BCUT2D eigenvalue weighted by atomic mass is 9.90. The summed E-state index contributed by atoms with van der Waals surface area (Å²) in [5.41, 5.74) is 1.52. The summed E-state index contributed by atoms with van der Waals surface area (Å²) in [6.07, 6.45) is 2.23. The van der Waals surface area contributed by atoms with Gasteiger partial charge in [0, 0.05) is 6.54 Å². The van der Waals surface area contributed by atoms with Crippen LogP contribution in [0.1, 0.15) is 46.4 Å². The Bertz CT molecular complexity index is 651. The highest BCUT2D eigenvalue weighted by atomic mass is 16.5. The highest BCUT2D eigenvalue weighted by molar-refractivity contribution is 5.87. The molecule has 0 spiro atoms. The van der Waals surface area contributed by atoms with E-state index in [2.05, 4.69) is 15.0 Å². The minimum absolute atomic E-state index is 0.331. The fourth-order valence-electron chi connectivity index (χ4n) is 2.96. The molecule has 0 amide bonds. The second-order valence-corrected chi connectivity index (χ2v) is 5.74. The minimum Gasteiger partial charge on any atom is -0.478 e. The van der Waals surface area contributed by atoms with Crippen LogP contribution < -0.4 is 0 Å². The van der Waals surface area contributed by atoms with Crippen molar-refractivity contribution in [1.29, 1.82) is 0 Å². The number of piperidine rings is 1. The molecule has 0 radical (unpaired) electrons. The molecule has 116 valence electrons. The first-order valence-corrected chi connectivity index (χ1v) is 7.46. The van der Waals surface area contributed by atoms with E-state index in [1.165, 1.54) is 5.56 Å². The summed E-state index contributed by atoms with van der Waals surface area (Å²) in [6.45, 7) is 4.43. The molecule has 2 heterocycles. The average Bonchev–Trinajstić information content (AvgIpc) is 2.93. The number of hydrogen-bond donors (Lipinski definition) is 1. The Kier molecular flexibility index (Phi) is 4.20. The molecule has 1 atom stereocenters. The molecular weight excluding hydrogens is 282 g/mol. The predicted octanol–water partition coefficient (Wildman–Crippen LogP) is 2.46. The van der Waals surface area contributed by atoms with Gasteiger partial charge in [-0.05, 0) is 49.9 Å². The van der Waals surface area contributed by atoms with Gasteiger partial charge in [-0.25, -0.2) is 4.79 Å². The normalized spacial score (nSPS) is 19.2. The van der Waals surface area contributed by atoms with Crippen molar-refractivity contribution in [2.24, 2.45) is 0 Å². The van der Waals surface area contributed by atoms with Crippen molar-refractivity contribution in [2.75, 3.05) is 13.1 Å². The van der Waals surface area contributed by atoms with Gasteiger partial charge < -0.3 is 9.63 Å². The molecule has 1 aliphatic heterocycles. The van der Waals surface area contributed by atoms with E-state index >= 15 is 0 Å². The molecule has 22 heavy (non-hydrogen) atoms. The van der Waals surface area contributed by atoms with Gasteiger partial charge >= 0.3 is 5.97 Å². The Morgan fingerprint density at radius 3 is 2.82 bits per heavy atom.